The van der Waals surface area contributed by atoms with Crippen LogP contribution in [0.3, 0.4) is 0 Å². The van der Waals surface area contributed by atoms with Crippen molar-refractivity contribution in [3.63, 3.8) is 0 Å². The van der Waals surface area contributed by atoms with Gasteiger partial charge in [0.2, 0.25) is 0 Å². The Morgan fingerprint density at radius 2 is 2.22 bits per heavy atom. The Kier molecular flexibility index (Phi) is 4.02. The van der Waals surface area contributed by atoms with E-state index in [0.29, 0.717) is 5.92 Å². The Balaban J connectivity index is 2.25. The summed E-state index contributed by atoms with van der Waals surface area (Å²) in [6.45, 7) is 5.08. The molecule has 1 aromatic rings. The molecular formula is C15H22N2O. The maximum absolute atomic E-state index is 11.8. The molecule has 1 heterocycles. The van der Waals surface area contributed by atoms with Crippen molar-refractivity contribution in [1.29, 1.82) is 0 Å². The number of hydrogen-bond acceptors (Lipinski definition) is 2. The summed E-state index contributed by atoms with van der Waals surface area (Å²) < 4.78 is 0. The molecule has 0 saturated heterocycles. The van der Waals surface area contributed by atoms with E-state index in [-0.39, 0.29) is 11.9 Å². The first kappa shape index (κ1) is 13.1. The number of carbonyl (C=O) groups is 1. The molecule has 2 rings (SSSR count). The predicted octanol–water partition coefficient (Wildman–Crippen LogP) is 2.41. The van der Waals surface area contributed by atoms with Gasteiger partial charge >= 0.3 is 0 Å². The van der Waals surface area contributed by atoms with Gasteiger partial charge in [-0.1, -0.05) is 32.4 Å². The van der Waals surface area contributed by atoms with Crippen molar-refractivity contribution < 1.29 is 4.79 Å². The van der Waals surface area contributed by atoms with E-state index in [2.05, 4.69) is 31.3 Å². The summed E-state index contributed by atoms with van der Waals surface area (Å²) in [6, 6.07) is 6.13. The Morgan fingerprint density at radius 1 is 1.44 bits per heavy atom. The summed E-state index contributed by atoms with van der Waals surface area (Å²) >= 11 is 0. The molecule has 2 unspecified atom stereocenters. The average molecular weight is 246 g/mol. The van der Waals surface area contributed by atoms with Crippen LogP contribution in [0.15, 0.2) is 18.2 Å². The molecule has 0 aliphatic carbocycles. The van der Waals surface area contributed by atoms with Crippen molar-refractivity contribution in [2.45, 2.75) is 39.2 Å². The van der Waals surface area contributed by atoms with Crippen LogP contribution in [0, 0.1) is 5.92 Å². The topological polar surface area (TPSA) is 55.1 Å². The van der Waals surface area contributed by atoms with Crippen LogP contribution in [0.2, 0.25) is 0 Å². The Morgan fingerprint density at radius 3 is 2.94 bits per heavy atom. The number of rotatable bonds is 4. The monoisotopic (exact) mass is 246 g/mol. The van der Waals surface area contributed by atoms with E-state index in [4.69, 9.17) is 5.73 Å². The highest BCUT2D eigenvalue weighted by Gasteiger charge is 2.20. The molecule has 0 aromatic heterocycles. The second-order valence-corrected chi connectivity index (χ2v) is 5.21. The molecule has 3 N–H and O–H groups in total. The lowest BCUT2D eigenvalue weighted by atomic mass is 9.88. The molecule has 1 amide bonds. The molecule has 1 aliphatic heterocycles. The van der Waals surface area contributed by atoms with Gasteiger partial charge in [0, 0.05) is 18.2 Å². The third-order valence-corrected chi connectivity index (χ3v) is 3.80. The van der Waals surface area contributed by atoms with Gasteiger partial charge in [-0.05, 0) is 36.0 Å². The fourth-order valence-electron chi connectivity index (χ4n) is 2.60. The van der Waals surface area contributed by atoms with Crippen molar-refractivity contribution in [3.8, 4) is 0 Å². The highest BCUT2D eigenvalue weighted by Crippen LogP contribution is 2.26. The number of hydrogen-bond donors (Lipinski definition) is 2. The fourth-order valence-corrected chi connectivity index (χ4v) is 2.60. The Labute approximate surface area is 109 Å². The lowest BCUT2D eigenvalue weighted by Gasteiger charge is -2.23. The van der Waals surface area contributed by atoms with E-state index in [9.17, 15) is 4.79 Å². The number of amides is 1. The fraction of sp³-hybridized carbons (Fsp3) is 0.533. The number of nitrogens with one attached hydrogen (secondary N) is 1. The van der Waals surface area contributed by atoms with Crippen LogP contribution < -0.4 is 11.1 Å². The molecule has 3 nitrogen and oxygen atoms in total. The first-order valence-corrected chi connectivity index (χ1v) is 6.80. The molecule has 1 aliphatic rings. The number of carbonyl (C=O) groups excluding carboxylic acids is 1. The van der Waals surface area contributed by atoms with Crippen molar-refractivity contribution in [2.24, 2.45) is 11.7 Å². The van der Waals surface area contributed by atoms with Crippen LogP contribution in [-0.2, 0) is 6.42 Å². The molecule has 0 fully saturated rings. The van der Waals surface area contributed by atoms with Gasteiger partial charge in [0.05, 0.1) is 0 Å². The summed E-state index contributed by atoms with van der Waals surface area (Å²) in [4.78, 5) is 11.8. The van der Waals surface area contributed by atoms with Crippen LogP contribution in [-0.4, -0.2) is 12.5 Å². The molecule has 3 heteroatoms. The SMILES string of the molecule is CCCC(C)C(N)c1ccc2c(c1)C(=O)NCC2. The molecule has 2 atom stereocenters. The van der Waals surface area contributed by atoms with Gasteiger partial charge in [-0.2, -0.15) is 0 Å². The zero-order chi connectivity index (χ0) is 13.1. The van der Waals surface area contributed by atoms with Crippen LogP contribution >= 0.6 is 0 Å². The van der Waals surface area contributed by atoms with Crippen molar-refractivity contribution >= 4 is 5.91 Å². The lowest BCUT2D eigenvalue weighted by Crippen LogP contribution is -2.32. The minimum atomic E-state index is 0.0185. The minimum absolute atomic E-state index is 0.0185. The first-order valence-electron chi connectivity index (χ1n) is 6.80. The lowest BCUT2D eigenvalue weighted by molar-refractivity contribution is 0.0946. The zero-order valence-electron chi connectivity index (χ0n) is 11.2. The van der Waals surface area contributed by atoms with Gasteiger partial charge in [0.15, 0.2) is 0 Å². The second kappa shape index (κ2) is 5.53. The average Bonchev–Trinajstić information content (AvgIpc) is 2.38. The maximum Gasteiger partial charge on any atom is 0.251 e. The molecule has 18 heavy (non-hydrogen) atoms. The smallest absolute Gasteiger partial charge is 0.251 e. The van der Waals surface area contributed by atoms with Crippen LogP contribution in [0.1, 0.15) is 54.2 Å². The normalized spacial score (nSPS) is 17.8. The summed E-state index contributed by atoms with van der Waals surface area (Å²) in [5, 5.41) is 2.88. The largest absolute Gasteiger partial charge is 0.352 e. The van der Waals surface area contributed by atoms with Crippen LogP contribution in [0.25, 0.3) is 0 Å². The van der Waals surface area contributed by atoms with Gasteiger partial charge in [0.25, 0.3) is 5.91 Å². The van der Waals surface area contributed by atoms with Crippen molar-refractivity contribution in [1.82, 2.24) is 5.32 Å². The van der Waals surface area contributed by atoms with E-state index in [1.165, 1.54) is 0 Å². The molecular weight excluding hydrogens is 224 g/mol. The van der Waals surface area contributed by atoms with Gasteiger partial charge in [-0.25, -0.2) is 0 Å². The maximum atomic E-state index is 11.8. The van der Waals surface area contributed by atoms with Crippen LogP contribution in [0.5, 0.6) is 0 Å². The summed E-state index contributed by atoms with van der Waals surface area (Å²) in [6.07, 6.45) is 3.17. The molecule has 0 bridgehead atoms. The third kappa shape index (κ3) is 2.56. The van der Waals surface area contributed by atoms with Gasteiger partial charge in [-0.3, -0.25) is 4.79 Å². The van der Waals surface area contributed by atoms with E-state index in [1.54, 1.807) is 0 Å². The van der Waals surface area contributed by atoms with E-state index in [0.717, 1.165) is 42.5 Å². The van der Waals surface area contributed by atoms with Gasteiger partial charge < -0.3 is 11.1 Å². The first-order chi connectivity index (χ1) is 8.63. The number of nitrogens with two attached hydrogens (primary N) is 1. The summed E-state index contributed by atoms with van der Waals surface area (Å²) in [5.41, 5.74) is 9.29. The van der Waals surface area contributed by atoms with Crippen molar-refractivity contribution in [3.05, 3.63) is 34.9 Å². The number of benzene rings is 1. The van der Waals surface area contributed by atoms with Crippen LogP contribution in [0.4, 0.5) is 0 Å². The highest BCUT2D eigenvalue weighted by atomic mass is 16.1. The molecule has 0 radical (unpaired) electrons. The molecule has 0 saturated carbocycles. The van der Waals surface area contributed by atoms with Crippen molar-refractivity contribution in [2.75, 3.05) is 6.54 Å². The van der Waals surface area contributed by atoms with Gasteiger partial charge in [-0.15, -0.1) is 0 Å². The summed E-state index contributed by atoms with van der Waals surface area (Å²) in [7, 11) is 0. The number of fused-ring (bicyclic) bond motifs is 1. The molecule has 1 aromatic carbocycles. The highest BCUT2D eigenvalue weighted by molar-refractivity contribution is 5.96. The standard InChI is InChI=1S/C15H22N2O/c1-3-4-10(2)14(16)12-6-5-11-7-8-17-15(18)13(11)9-12/h5-6,9-10,14H,3-4,7-8,16H2,1-2H3,(H,17,18). The quantitative estimate of drug-likeness (QED) is 0.857. The van der Waals surface area contributed by atoms with E-state index in [1.807, 2.05) is 6.07 Å². The van der Waals surface area contributed by atoms with Gasteiger partial charge in [0.1, 0.15) is 0 Å². The second-order valence-electron chi connectivity index (χ2n) is 5.21. The Bertz CT molecular complexity index is 442. The molecule has 98 valence electrons. The van der Waals surface area contributed by atoms with E-state index < -0.39 is 0 Å². The predicted molar refractivity (Wildman–Crippen MR) is 73.5 cm³/mol. The minimum Gasteiger partial charge on any atom is -0.352 e. The Hall–Kier alpha value is -1.35. The third-order valence-electron chi connectivity index (χ3n) is 3.80. The zero-order valence-corrected chi connectivity index (χ0v) is 11.2. The molecule has 0 spiro atoms. The van der Waals surface area contributed by atoms with E-state index >= 15 is 0 Å². The summed E-state index contributed by atoms with van der Waals surface area (Å²) in [5.74, 6) is 0.480.